The van der Waals surface area contributed by atoms with Gasteiger partial charge in [0.25, 0.3) is 0 Å². The first-order chi connectivity index (χ1) is 26.3. The Hall–Kier alpha value is -2.25. The first-order valence-corrected chi connectivity index (χ1v) is 23.2. The zero-order valence-corrected chi connectivity index (χ0v) is 38.0. The van der Waals surface area contributed by atoms with E-state index in [0.717, 1.165) is 96.0 Å². The molecule has 0 spiro atoms. The van der Waals surface area contributed by atoms with E-state index in [1.807, 2.05) is 0 Å². The summed E-state index contributed by atoms with van der Waals surface area (Å²) < 4.78 is 4.75. The fraction of sp³-hybridized carbons (Fsp3) is 0.673. The van der Waals surface area contributed by atoms with E-state index in [-0.39, 0.29) is 0 Å². The van der Waals surface area contributed by atoms with Crippen molar-refractivity contribution >= 4 is 11.4 Å². The van der Waals surface area contributed by atoms with E-state index in [9.17, 15) is 5.53 Å². The number of allylic oxidation sites excluding steroid dienone is 2. The standard InChI is InChI=1S/C41H62N2.2C4H10N.Ni/c1-8-15-22-32(31-43-42)26-41(37-27-33(19-12-5)39(21-14-7)34(28-37)20-13-6)38-29-35(23-16-9-2)40(25-18-11-4)36(30-38)24-17-10-3;2*1-3-5-4-2;/h26-30H,8-25H2,1-7H3;2*3-4H2,1-2H3;/q;2*-1;+2. The number of aryl methyl sites for hydroxylation is 4. The summed E-state index contributed by atoms with van der Waals surface area (Å²) >= 11 is 1.67. The fourth-order valence-corrected chi connectivity index (χ4v) is 8.12. The van der Waals surface area contributed by atoms with Crippen LogP contribution in [0.4, 0.5) is 0 Å². The van der Waals surface area contributed by atoms with Crippen LogP contribution in [0.2, 0.25) is 0 Å². The minimum atomic E-state index is 0.863. The predicted molar refractivity (Wildman–Crippen MR) is 235 cm³/mol. The molecule has 2 aromatic rings. The second-order valence-corrected chi connectivity index (χ2v) is 16.1. The van der Waals surface area contributed by atoms with Crippen LogP contribution in [-0.2, 0) is 53.4 Å². The molecule has 0 heterocycles. The molecule has 2 rings (SSSR count). The van der Waals surface area contributed by atoms with E-state index in [1.54, 1.807) is 37.1 Å². The molecular formula is C49H82N4Ni. The Bertz CT molecular complexity index is 1360. The van der Waals surface area contributed by atoms with E-state index in [2.05, 4.69) is 125 Å². The molecule has 2 aromatic carbocycles. The van der Waals surface area contributed by atoms with Crippen molar-refractivity contribution in [2.24, 2.45) is 0 Å². The molecule has 0 atom stereocenters. The SMILES string of the molecule is CCCCC(=C=[N+]=[N-])C=C(c1cc(CCC)c(CCC)c(CCC)c1)c1cc(CCCC)c(CCCC)c(CCCC)c1.CC[N](CC)[Ni][N](CC)CC. The van der Waals surface area contributed by atoms with Gasteiger partial charge in [-0.3, -0.25) is 0 Å². The van der Waals surface area contributed by atoms with Gasteiger partial charge in [0.1, 0.15) is 0 Å². The zero-order valence-electron chi connectivity index (χ0n) is 37.0. The van der Waals surface area contributed by atoms with Crippen molar-refractivity contribution in [3.8, 4) is 0 Å². The molecule has 4 nitrogen and oxygen atoms in total. The Balaban J connectivity index is 0.00000114. The van der Waals surface area contributed by atoms with Crippen LogP contribution in [0.5, 0.6) is 0 Å². The first kappa shape index (κ1) is 49.8. The average Bonchev–Trinajstić information content (AvgIpc) is 3.18. The molecule has 0 aliphatic rings. The number of hydrogen-bond donors (Lipinski definition) is 0. The molecule has 5 heteroatoms. The van der Waals surface area contributed by atoms with Gasteiger partial charge in [0.2, 0.25) is 0 Å². The third-order valence-electron chi connectivity index (χ3n) is 10.2. The Morgan fingerprint density at radius 2 is 0.926 bits per heavy atom. The molecule has 0 N–H and O–H groups in total. The van der Waals surface area contributed by atoms with Crippen LogP contribution in [-0.4, -0.2) is 44.8 Å². The monoisotopic (exact) mass is 785 g/mol. The number of hydrogen-bond acceptors (Lipinski definition) is 2. The van der Waals surface area contributed by atoms with E-state index in [1.165, 1.54) is 79.2 Å². The molecule has 0 fully saturated rings. The van der Waals surface area contributed by atoms with Crippen molar-refractivity contribution in [2.45, 2.75) is 192 Å². The number of benzene rings is 2. The number of unbranched alkanes of at least 4 members (excludes halogenated alkanes) is 4. The Labute approximate surface area is 341 Å². The van der Waals surface area contributed by atoms with Crippen LogP contribution < -0.4 is 0 Å². The van der Waals surface area contributed by atoms with Gasteiger partial charge in [0.05, 0.1) is 5.57 Å². The number of rotatable bonds is 27. The minimum absolute atomic E-state index is 0.863. The maximum absolute atomic E-state index is 9.58. The topological polar surface area (TPSA) is 42.9 Å². The molecule has 54 heavy (non-hydrogen) atoms. The van der Waals surface area contributed by atoms with Crippen molar-refractivity contribution < 1.29 is 19.7 Å². The molecule has 0 unspecified atom stereocenters. The van der Waals surface area contributed by atoms with Gasteiger partial charge in [-0.15, -0.1) is 4.79 Å². The molecule has 0 radical (unpaired) electrons. The van der Waals surface area contributed by atoms with Gasteiger partial charge in [-0.1, -0.05) is 118 Å². The van der Waals surface area contributed by atoms with Crippen LogP contribution in [0.25, 0.3) is 11.1 Å². The molecule has 0 aromatic heterocycles. The normalized spacial score (nSPS) is 11.5. The summed E-state index contributed by atoms with van der Waals surface area (Å²) in [6.45, 7) is 29.4. The van der Waals surface area contributed by atoms with Crippen molar-refractivity contribution in [3.05, 3.63) is 86.0 Å². The first-order valence-electron chi connectivity index (χ1n) is 22.4. The van der Waals surface area contributed by atoms with Crippen molar-refractivity contribution in [2.75, 3.05) is 26.2 Å². The van der Waals surface area contributed by atoms with Crippen molar-refractivity contribution in [1.82, 2.24) is 7.96 Å². The van der Waals surface area contributed by atoms with Crippen LogP contribution in [0, 0.1) is 0 Å². The van der Waals surface area contributed by atoms with Gasteiger partial charge in [0.15, 0.2) is 0 Å². The van der Waals surface area contributed by atoms with E-state index in [0.29, 0.717) is 0 Å². The molecular weight excluding hydrogens is 703 g/mol. The molecule has 0 bridgehead atoms. The van der Waals surface area contributed by atoms with Crippen LogP contribution in [0.15, 0.2) is 35.9 Å². The Kier molecular flexibility index (Phi) is 28.5. The van der Waals surface area contributed by atoms with Crippen LogP contribution in [0.1, 0.15) is 198 Å². The van der Waals surface area contributed by atoms with Crippen molar-refractivity contribution in [1.29, 1.82) is 0 Å². The van der Waals surface area contributed by atoms with Gasteiger partial charge >= 0.3 is 82.6 Å². The third-order valence-corrected chi connectivity index (χ3v) is 12.0. The second kappa shape index (κ2) is 30.9. The molecule has 0 aliphatic carbocycles. The van der Waals surface area contributed by atoms with E-state index in [4.69, 9.17) is 0 Å². The molecule has 0 saturated carbocycles. The average molecular weight is 786 g/mol. The van der Waals surface area contributed by atoms with Gasteiger partial charge in [0, 0.05) is 0 Å². The summed E-state index contributed by atoms with van der Waals surface area (Å²) in [5.41, 5.74) is 23.8. The molecule has 0 saturated heterocycles. The molecule has 0 amide bonds. The maximum atomic E-state index is 9.58. The van der Waals surface area contributed by atoms with Crippen molar-refractivity contribution in [3.63, 3.8) is 0 Å². The molecule has 308 valence electrons. The summed E-state index contributed by atoms with van der Waals surface area (Å²) in [6.07, 6.45) is 23.0. The van der Waals surface area contributed by atoms with Crippen LogP contribution >= 0.6 is 0 Å². The van der Waals surface area contributed by atoms with E-state index < -0.39 is 0 Å². The van der Waals surface area contributed by atoms with Gasteiger partial charge in [-0.2, -0.15) is 0 Å². The Morgan fingerprint density at radius 1 is 0.537 bits per heavy atom. The van der Waals surface area contributed by atoms with Crippen LogP contribution in [0.3, 0.4) is 0 Å². The summed E-state index contributed by atoms with van der Waals surface area (Å²) in [6, 6.07) is 10.0. The second-order valence-electron chi connectivity index (χ2n) is 14.7. The third kappa shape index (κ3) is 17.7. The summed E-state index contributed by atoms with van der Waals surface area (Å²) in [5, 5.41) is 0. The number of nitrogens with zero attached hydrogens (tertiary/aromatic N) is 4. The summed E-state index contributed by atoms with van der Waals surface area (Å²) in [4.78, 5) is 3.39. The van der Waals surface area contributed by atoms with Gasteiger partial charge in [-0.25, -0.2) is 0 Å². The van der Waals surface area contributed by atoms with Gasteiger partial charge in [-0.05, 0) is 127 Å². The molecule has 0 aliphatic heterocycles. The summed E-state index contributed by atoms with van der Waals surface area (Å²) in [5.74, 6) is 2.96. The summed E-state index contributed by atoms with van der Waals surface area (Å²) in [7, 11) is 0. The quantitative estimate of drug-likeness (QED) is 0.0298. The predicted octanol–water partition coefficient (Wildman–Crippen LogP) is 13.6. The van der Waals surface area contributed by atoms with Gasteiger partial charge < -0.3 is 5.53 Å². The fourth-order valence-electron chi connectivity index (χ4n) is 7.17. The van der Waals surface area contributed by atoms with E-state index >= 15 is 0 Å². The zero-order chi connectivity index (χ0) is 40.1. The Morgan fingerprint density at radius 3 is 1.30 bits per heavy atom.